The number of nitrogens with zero attached hydrogens (tertiary/aromatic N) is 2. The quantitative estimate of drug-likeness (QED) is 0.653. The summed E-state index contributed by atoms with van der Waals surface area (Å²) in [7, 11) is 0. The number of aliphatic hydroxyl groups is 1. The summed E-state index contributed by atoms with van der Waals surface area (Å²) in [5.74, 6) is 0.734. The molecular formula is C18H27ClN2O5. The first-order valence-corrected chi connectivity index (χ1v) is 9.24. The van der Waals surface area contributed by atoms with E-state index in [1.165, 1.54) is 0 Å². The average Bonchev–Trinajstić information content (AvgIpc) is 2.64. The van der Waals surface area contributed by atoms with Crippen molar-refractivity contribution in [2.75, 3.05) is 59.2 Å². The van der Waals surface area contributed by atoms with Crippen LogP contribution in [0, 0.1) is 0 Å². The van der Waals surface area contributed by atoms with Gasteiger partial charge in [-0.25, -0.2) is 4.79 Å². The fourth-order valence-electron chi connectivity index (χ4n) is 2.65. The number of carbonyl (C=O) groups is 1. The first-order chi connectivity index (χ1) is 12.6. The van der Waals surface area contributed by atoms with Crippen LogP contribution in [0.3, 0.4) is 0 Å². The molecule has 1 aliphatic rings. The molecule has 1 heterocycles. The number of halogens is 1. The predicted octanol–water partition coefficient (Wildman–Crippen LogP) is 1.87. The summed E-state index contributed by atoms with van der Waals surface area (Å²) in [6, 6.07) is 7.13. The minimum Gasteiger partial charge on any atom is -0.491 e. The number of β-amino-alcohol motifs (C(OH)–C–C–N with tert-alkyl or cyclic N) is 1. The fraction of sp³-hybridized carbons (Fsp3) is 0.611. The van der Waals surface area contributed by atoms with Gasteiger partial charge in [0.15, 0.2) is 0 Å². The van der Waals surface area contributed by atoms with Crippen molar-refractivity contribution in [1.29, 1.82) is 0 Å². The van der Waals surface area contributed by atoms with Gasteiger partial charge in [0, 0.05) is 37.7 Å². The molecule has 1 saturated heterocycles. The van der Waals surface area contributed by atoms with Crippen molar-refractivity contribution in [2.24, 2.45) is 0 Å². The fourth-order valence-corrected chi connectivity index (χ4v) is 2.77. The van der Waals surface area contributed by atoms with Crippen molar-refractivity contribution in [3.8, 4) is 5.75 Å². The van der Waals surface area contributed by atoms with Crippen LogP contribution in [0.25, 0.3) is 0 Å². The molecule has 0 aromatic heterocycles. The number of amides is 1. The monoisotopic (exact) mass is 386 g/mol. The third-order valence-electron chi connectivity index (χ3n) is 3.99. The lowest BCUT2D eigenvalue weighted by atomic mass is 10.3. The first kappa shape index (κ1) is 20.8. The van der Waals surface area contributed by atoms with Gasteiger partial charge >= 0.3 is 6.09 Å². The van der Waals surface area contributed by atoms with Crippen LogP contribution in [0.2, 0.25) is 5.02 Å². The van der Waals surface area contributed by atoms with Crippen LogP contribution in [0.4, 0.5) is 4.79 Å². The zero-order valence-electron chi connectivity index (χ0n) is 15.1. The molecule has 0 aliphatic carbocycles. The van der Waals surface area contributed by atoms with Gasteiger partial charge in [-0.3, -0.25) is 4.90 Å². The number of benzene rings is 1. The smallest absolute Gasteiger partial charge is 0.409 e. The maximum Gasteiger partial charge on any atom is 0.409 e. The Morgan fingerprint density at radius 2 is 1.88 bits per heavy atom. The molecule has 1 atom stereocenters. The Kier molecular flexibility index (Phi) is 8.97. The second-order valence-electron chi connectivity index (χ2n) is 6.02. The molecule has 0 unspecified atom stereocenters. The maximum absolute atomic E-state index is 11.6. The van der Waals surface area contributed by atoms with E-state index in [2.05, 4.69) is 4.90 Å². The SMILES string of the molecule is CCOC(=O)N1CCN(C[C@H](O)COCCOc2ccc(Cl)cc2)CC1. The molecule has 7 nitrogen and oxygen atoms in total. The lowest BCUT2D eigenvalue weighted by Gasteiger charge is -2.34. The Morgan fingerprint density at radius 1 is 1.19 bits per heavy atom. The minimum absolute atomic E-state index is 0.252. The van der Waals surface area contributed by atoms with Crippen LogP contribution in [0.1, 0.15) is 6.92 Å². The van der Waals surface area contributed by atoms with Crippen LogP contribution in [0.5, 0.6) is 5.75 Å². The van der Waals surface area contributed by atoms with Crippen LogP contribution in [0.15, 0.2) is 24.3 Å². The number of piperazine rings is 1. The van der Waals surface area contributed by atoms with Gasteiger partial charge in [-0.15, -0.1) is 0 Å². The molecule has 1 N–H and O–H groups in total. The lowest BCUT2D eigenvalue weighted by molar-refractivity contribution is -0.0000926. The number of rotatable bonds is 9. The molecule has 1 aromatic carbocycles. The van der Waals surface area contributed by atoms with Gasteiger partial charge in [-0.1, -0.05) is 11.6 Å². The number of ether oxygens (including phenoxy) is 3. The van der Waals surface area contributed by atoms with E-state index in [0.29, 0.717) is 44.5 Å². The summed E-state index contributed by atoms with van der Waals surface area (Å²) in [5.41, 5.74) is 0. The van der Waals surface area contributed by atoms with Gasteiger partial charge in [0.2, 0.25) is 0 Å². The van der Waals surface area contributed by atoms with Gasteiger partial charge in [-0.05, 0) is 31.2 Å². The zero-order valence-corrected chi connectivity index (χ0v) is 15.9. The molecule has 8 heteroatoms. The van der Waals surface area contributed by atoms with Gasteiger partial charge in [0.1, 0.15) is 12.4 Å². The third-order valence-corrected chi connectivity index (χ3v) is 4.24. The topological polar surface area (TPSA) is 71.5 Å². The van der Waals surface area contributed by atoms with Crippen molar-refractivity contribution >= 4 is 17.7 Å². The Labute approximate surface area is 159 Å². The Balaban J connectivity index is 1.53. The largest absolute Gasteiger partial charge is 0.491 e. The van der Waals surface area contributed by atoms with Crippen LogP contribution in [-0.2, 0) is 9.47 Å². The summed E-state index contributed by atoms with van der Waals surface area (Å²) < 4.78 is 16.0. The normalized spacial score (nSPS) is 16.3. The molecule has 1 aliphatic heterocycles. The highest BCUT2D eigenvalue weighted by Gasteiger charge is 2.23. The highest BCUT2D eigenvalue weighted by atomic mass is 35.5. The molecule has 0 spiro atoms. The molecule has 2 rings (SSSR count). The minimum atomic E-state index is -0.570. The van der Waals surface area contributed by atoms with Crippen molar-refractivity contribution in [2.45, 2.75) is 13.0 Å². The van der Waals surface area contributed by atoms with E-state index < -0.39 is 6.10 Å². The predicted molar refractivity (Wildman–Crippen MR) is 98.8 cm³/mol. The highest BCUT2D eigenvalue weighted by molar-refractivity contribution is 6.30. The molecule has 1 aromatic rings. The van der Waals surface area contributed by atoms with Crippen molar-refractivity contribution < 1.29 is 24.1 Å². The second kappa shape index (κ2) is 11.2. The molecule has 0 bridgehead atoms. The number of hydrogen-bond donors (Lipinski definition) is 1. The van der Waals surface area contributed by atoms with Gasteiger partial charge in [-0.2, -0.15) is 0 Å². The van der Waals surface area contributed by atoms with E-state index in [4.69, 9.17) is 25.8 Å². The van der Waals surface area contributed by atoms with E-state index in [1.807, 2.05) is 0 Å². The summed E-state index contributed by atoms with van der Waals surface area (Å²) >= 11 is 5.81. The van der Waals surface area contributed by atoms with E-state index in [0.717, 1.165) is 18.8 Å². The standard InChI is InChI=1S/C18H27ClN2O5/c1-2-25-18(23)21-9-7-20(8-10-21)13-16(22)14-24-11-12-26-17-5-3-15(19)4-6-17/h3-6,16,22H,2,7-14H2,1H3/t16-/m0/s1. The van der Waals surface area contributed by atoms with Gasteiger partial charge < -0.3 is 24.2 Å². The van der Waals surface area contributed by atoms with E-state index in [1.54, 1.807) is 36.1 Å². The first-order valence-electron chi connectivity index (χ1n) is 8.86. The molecule has 0 saturated carbocycles. The van der Waals surface area contributed by atoms with Crippen molar-refractivity contribution in [3.63, 3.8) is 0 Å². The van der Waals surface area contributed by atoms with E-state index in [9.17, 15) is 9.90 Å². The summed E-state index contributed by atoms with van der Waals surface area (Å²) in [4.78, 5) is 15.5. The lowest BCUT2D eigenvalue weighted by Crippen LogP contribution is -2.51. The van der Waals surface area contributed by atoms with Crippen LogP contribution in [-0.4, -0.2) is 86.3 Å². The summed E-state index contributed by atoms with van der Waals surface area (Å²) in [6.07, 6.45) is -0.837. The van der Waals surface area contributed by atoms with Crippen LogP contribution < -0.4 is 4.74 Å². The summed E-state index contributed by atoms with van der Waals surface area (Å²) in [6.45, 7) is 6.43. The maximum atomic E-state index is 11.6. The average molecular weight is 387 g/mol. The number of hydrogen-bond acceptors (Lipinski definition) is 6. The van der Waals surface area contributed by atoms with Gasteiger partial charge in [0.25, 0.3) is 0 Å². The Bertz CT molecular complexity index is 535. The molecular weight excluding hydrogens is 360 g/mol. The summed E-state index contributed by atoms with van der Waals surface area (Å²) in [5, 5.41) is 10.7. The van der Waals surface area contributed by atoms with Crippen molar-refractivity contribution in [3.05, 3.63) is 29.3 Å². The van der Waals surface area contributed by atoms with E-state index >= 15 is 0 Å². The molecule has 146 valence electrons. The zero-order chi connectivity index (χ0) is 18.8. The number of carbonyl (C=O) groups excluding carboxylic acids is 1. The second-order valence-corrected chi connectivity index (χ2v) is 6.45. The van der Waals surface area contributed by atoms with Gasteiger partial charge in [0.05, 0.1) is 25.9 Å². The third kappa shape index (κ3) is 7.37. The Morgan fingerprint density at radius 3 is 2.54 bits per heavy atom. The van der Waals surface area contributed by atoms with E-state index in [-0.39, 0.29) is 12.7 Å². The molecule has 1 amide bonds. The Hall–Kier alpha value is -1.54. The van der Waals surface area contributed by atoms with Crippen LogP contribution >= 0.6 is 11.6 Å². The van der Waals surface area contributed by atoms with Crippen molar-refractivity contribution in [1.82, 2.24) is 9.80 Å². The molecule has 0 radical (unpaired) electrons. The molecule has 1 fully saturated rings. The highest BCUT2D eigenvalue weighted by Crippen LogP contribution is 2.15. The molecule has 26 heavy (non-hydrogen) atoms. The number of aliphatic hydroxyl groups excluding tert-OH is 1.